The van der Waals surface area contributed by atoms with E-state index in [1.54, 1.807) is 0 Å². The third-order valence-corrected chi connectivity index (χ3v) is 5.92. The number of carboxylic acids is 1. The van der Waals surface area contributed by atoms with Crippen LogP contribution in [0.25, 0.3) is 0 Å². The fourth-order valence-corrected chi connectivity index (χ4v) is 5.42. The van der Waals surface area contributed by atoms with Gasteiger partial charge in [-0.25, -0.2) is 4.98 Å². The number of fused-ring (bicyclic) bond motifs is 1. The minimum Gasteiger partial charge on any atom is -0.550 e. The van der Waals surface area contributed by atoms with Crippen molar-refractivity contribution < 1.29 is 9.90 Å². The number of hydrogen-bond donors (Lipinski definition) is 0. The van der Waals surface area contributed by atoms with Gasteiger partial charge in [-0.1, -0.05) is 33.6 Å². The molecule has 5 heteroatoms. The van der Waals surface area contributed by atoms with Gasteiger partial charge >= 0.3 is 0 Å². The van der Waals surface area contributed by atoms with Crippen molar-refractivity contribution in [3.8, 4) is 11.8 Å². The second-order valence-electron chi connectivity index (χ2n) is 8.28. The molecule has 0 fully saturated rings. The first kappa shape index (κ1) is 19.4. The zero-order chi connectivity index (χ0) is 19.8. The molecule has 0 unspecified atom stereocenters. The predicted octanol–water partition coefficient (Wildman–Crippen LogP) is 3.03. The maximum absolute atomic E-state index is 10.6. The molecule has 1 aromatic carbocycles. The number of aliphatic carboxylic acids is 1. The van der Waals surface area contributed by atoms with Crippen molar-refractivity contribution >= 4 is 17.7 Å². The smallest absolute Gasteiger partial charge is 0.131 e. The quantitative estimate of drug-likeness (QED) is 0.751. The highest BCUT2D eigenvalue weighted by molar-refractivity contribution is 8.00. The second-order valence-corrected chi connectivity index (χ2v) is 10.0. The van der Waals surface area contributed by atoms with Gasteiger partial charge in [0.25, 0.3) is 0 Å². The number of benzene rings is 1. The molecule has 0 bridgehead atoms. The van der Waals surface area contributed by atoms with Crippen molar-refractivity contribution in [3.05, 3.63) is 52.6 Å². The van der Waals surface area contributed by atoms with Crippen molar-refractivity contribution in [3.63, 3.8) is 0 Å². The lowest BCUT2D eigenvalue weighted by atomic mass is 9.76. The van der Waals surface area contributed by atoms with Crippen LogP contribution in [0.2, 0.25) is 0 Å². The Morgan fingerprint density at radius 3 is 2.56 bits per heavy atom. The van der Waals surface area contributed by atoms with Crippen molar-refractivity contribution in [1.29, 1.82) is 0 Å². The Morgan fingerprint density at radius 2 is 1.93 bits per heavy atom. The number of rotatable bonds is 2. The Labute approximate surface area is 164 Å². The van der Waals surface area contributed by atoms with Crippen molar-refractivity contribution in [1.82, 2.24) is 9.97 Å². The Bertz CT molecular complexity index is 951. The monoisotopic (exact) mass is 379 g/mol. The number of carbonyl (C=O) groups is 1. The fourth-order valence-electron chi connectivity index (χ4n) is 3.71. The first-order chi connectivity index (χ1) is 12.6. The van der Waals surface area contributed by atoms with Crippen LogP contribution in [0.1, 0.15) is 62.2 Å². The summed E-state index contributed by atoms with van der Waals surface area (Å²) >= 11 is 1.94. The van der Waals surface area contributed by atoms with Crippen LogP contribution >= 0.6 is 11.8 Å². The topological polar surface area (TPSA) is 65.9 Å². The number of nitrogens with zero attached hydrogens (tertiary/aromatic N) is 2. The van der Waals surface area contributed by atoms with E-state index in [0.717, 1.165) is 17.5 Å². The van der Waals surface area contributed by atoms with Gasteiger partial charge in [-0.15, -0.1) is 11.8 Å². The largest absolute Gasteiger partial charge is 0.550 e. The average molecular weight is 380 g/mol. The molecular weight excluding hydrogens is 356 g/mol. The molecule has 0 saturated carbocycles. The van der Waals surface area contributed by atoms with Crippen molar-refractivity contribution in [2.45, 2.75) is 62.5 Å². The van der Waals surface area contributed by atoms with Gasteiger partial charge in [-0.05, 0) is 47.9 Å². The Balaban J connectivity index is 1.92. The maximum atomic E-state index is 10.6. The second kappa shape index (κ2) is 7.01. The van der Waals surface area contributed by atoms with Crippen LogP contribution in [0, 0.1) is 18.8 Å². The Morgan fingerprint density at radius 1 is 1.19 bits per heavy atom. The minimum absolute atomic E-state index is 0.0978. The maximum Gasteiger partial charge on any atom is 0.131 e. The number of aryl methyl sites for hydroxylation is 1. The highest BCUT2D eigenvalue weighted by atomic mass is 32.2. The molecule has 0 spiro atoms. The van der Waals surface area contributed by atoms with Crippen LogP contribution in [0.4, 0.5) is 0 Å². The van der Waals surface area contributed by atoms with Gasteiger partial charge in [-0.3, -0.25) is 4.98 Å². The highest BCUT2D eigenvalue weighted by Gasteiger charge is 2.38. The van der Waals surface area contributed by atoms with E-state index in [1.165, 1.54) is 22.9 Å². The van der Waals surface area contributed by atoms with E-state index >= 15 is 0 Å². The highest BCUT2D eigenvalue weighted by Crippen LogP contribution is 2.51. The summed E-state index contributed by atoms with van der Waals surface area (Å²) in [6, 6.07) is 4.44. The number of carbonyl (C=O) groups excluding carboxylic acids is 1. The Hall–Kier alpha value is -2.32. The van der Waals surface area contributed by atoms with Crippen LogP contribution in [0.5, 0.6) is 0 Å². The number of aromatic nitrogens is 2. The zero-order valence-electron chi connectivity index (χ0n) is 16.3. The summed E-state index contributed by atoms with van der Waals surface area (Å²) in [6.07, 6.45) is 3.80. The van der Waals surface area contributed by atoms with Crippen molar-refractivity contribution in [2.75, 3.05) is 0 Å². The van der Waals surface area contributed by atoms with Gasteiger partial charge in [0.15, 0.2) is 0 Å². The lowest BCUT2D eigenvalue weighted by molar-refractivity contribution is -0.304. The molecule has 0 N–H and O–H groups in total. The van der Waals surface area contributed by atoms with Gasteiger partial charge in [0.1, 0.15) is 5.69 Å². The molecule has 0 aliphatic carbocycles. The van der Waals surface area contributed by atoms with E-state index in [2.05, 4.69) is 68.6 Å². The van der Waals surface area contributed by atoms with Gasteiger partial charge in [0, 0.05) is 27.6 Å². The number of carboxylic acid groups (broad SMARTS) is 1. The lowest BCUT2D eigenvalue weighted by Crippen LogP contribution is -2.33. The minimum atomic E-state index is -1.17. The van der Waals surface area contributed by atoms with Gasteiger partial charge < -0.3 is 9.90 Å². The molecule has 0 saturated heterocycles. The molecule has 1 aromatic heterocycles. The summed E-state index contributed by atoms with van der Waals surface area (Å²) in [5.41, 5.74) is 4.46. The van der Waals surface area contributed by atoms with Gasteiger partial charge in [0.2, 0.25) is 0 Å². The summed E-state index contributed by atoms with van der Waals surface area (Å²) in [6.45, 7) is 11.3. The molecule has 3 rings (SSSR count). The third kappa shape index (κ3) is 4.51. The molecule has 0 atom stereocenters. The van der Waals surface area contributed by atoms with Gasteiger partial charge in [-0.2, -0.15) is 0 Å². The first-order valence-electron chi connectivity index (χ1n) is 8.93. The first-order valence-corrected chi connectivity index (χ1v) is 9.74. The van der Waals surface area contributed by atoms with Gasteiger partial charge in [0.05, 0.1) is 18.1 Å². The molecule has 2 aromatic rings. The fraction of sp³-hybridized carbons (Fsp3) is 0.409. The molecule has 0 amide bonds. The standard InChI is InChI=1S/C22H24N2O2S/c1-14-8-19-18(21(2,3)13-22(4,5)27-19)9-15(14)6-7-16-11-24-17(12-23-16)10-20(25)26/h8-9,11-12H,10,13H2,1-5H3,(H,25,26)/p-1. The average Bonchev–Trinajstić information content (AvgIpc) is 2.52. The summed E-state index contributed by atoms with van der Waals surface area (Å²) in [5, 5.41) is 10.6. The molecular formula is C22H23N2O2S-. The summed E-state index contributed by atoms with van der Waals surface area (Å²) < 4.78 is 0.221. The summed E-state index contributed by atoms with van der Waals surface area (Å²) in [7, 11) is 0. The summed E-state index contributed by atoms with van der Waals surface area (Å²) in [4.78, 5) is 20.2. The molecule has 0 radical (unpaired) electrons. The molecule has 1 aliphatic rings. The zero-order valence-corrected chi connectivity index (χ0v) is 17.2. The number of hydrogen-bond acceptors (Lipinski definition) is 5. The molecule has 2 heterocycles. The predicted molar refractivity (Wildman–Crippen MR) is 105 cm³/mol. The molecule has 140 valence electrons. The summed E-state index contributed by atoms with van der Waals surface area (Å²) in [5.74, 6) is 5.08. The van der Waals surface area contributed by atoms with Crippen LogP contribution in [-0.2, 0) is 16.6 Å². The van der Waals surface area contributed by atoms with Crippen LogP contribution in [-0.4, -0.2) is 20.7 Å². The van der Waals surface area contributed by atoms with Crippen LogP contribution in [0.3, 0.4) is 0 Å². The number of thioether (sulfide) groups is 1. The lowest BCUT2D eigenvalue weighted by Gasteiger charge is -2.42. The Kier molecular flexibility index (Phi) is 5.05. The van der Waals surface area contributed by atoms with Crippen LogP contribution < -0.4 is 5.11 Å². The molecule has 1 aliphatic heterocycles. The van der Waals surface area contributed by atoms with Crippen molar-refractivity contribution in [2.24, 2.45) is 0 Å². The van der Waals surface area contributed by atoms with Crippen LogP contribution in [0.15, 0.2) is 29.4 Å². The molecule has 4 nitrogen and oxygen atoms in total. The van der Waals surface area contributed by atoms with E-state index in [9.17, 15) is 9.90 Å². The third-order valence-electron chi connectivity index (χ3n) is 4.67. The SMILES string of the molecule is Cc1cc2c(cc1C#Cc1cnc(CC(=O)[O-])cn1)C(C)(C)CC(C)(C)S2. The normalized spacial score (nSPS) is 16.8. The molecule has 27 heavy (non-hydrogen) atoms. The van der Waals surface area contributed by atoms with E-state index in [-0.39, 0.29) is 16.6 Å². The van der Waals surface area contributed by atoms with E-state index < -0.39 is 5.97 Å². The van der Waals surface area contributed by atoms with E-state index in [1.807, 2.05) is 11.8 Å². The van der Waals surface area contributed by atoms with E-state index in [4.69, 9.17) is 0 Å². The van der Waals surface area contributed by atoms with E-state index in [0.29, 0.717) is 11.4 Å².